The van der Waals surface area contributed by atoms with E-state index in [9.17, 15) is 9.59 Å². The number of allylic oxidation sites excluding steroid dienone is 1. The predicted octanol–water partition coefficient (Wildman–Crippen LogP) is 5.60. The average molecular weight is 507 g/mol. The Morgan fingerprint density at radius 1 is 1.33 bits per heavy atom. The number of hydrogen-bond donors (Lipinski definition) is 2. The molecule has 2 N–H and O–H groups in total. The largest absolute Gasteiger partial charge is 0.487 e. The molecule has 0 saturated carbocycles. The lowest BCUT2D eigenvalue weighted by atomic mass is 10.0. The Hall–Kier alpha value is -3.58. The zero-order chi connectivity index (χ0) is 25.8. The van der Waals surface area contributed by atoms with Gasteiger partial charge in [-0.05, 0) is 62.9 Å². The second kappa shape index (κ2) is 11.0. The van der Waals surface area contributed by atoms with E-state index in [1.54, 1.807) is 23.2 Å². The number of ether oxygens (including phenoxy) is 1. The minimum Gasteiger partial charge on any atom is -0.487 e. The van der Waals surface area contributed by atoms with Gasteiger partial charge in [-0.1, -0.05) is 37.2 Å². The lowest BCUT2D eigenvalue weighted by molar-refractivity contribution is -0.126. The van der Waals surface area contributed by atoms with Crippen LogP contribution in [0.3, 0.4) is 0 Å². The summed E-state index contributed by atoms with van der Waals surface area (Å²) in [5.41, 5.74) is 5.57. The molecular formula is C28H31ClN4O3. The van der Waals surface area contributed by atoms with E-state index < -0.39 is 6.04 Å². The van der Waals surface area contributed by atoms with E-state index in [0.717, 1.165) is 28.9 Å². The van der Waals surface area contributed by atoms with Crippen LogP contribution in [-0.4, -0.2) is 35.1 Å². The van der Waals surface area contributed by atoms with Crippen LogP contribution in [0.15, 0.2) is 65.6 Å². The molecule has 1 saturated heterocycles. The smallest absolute Gasteiger partial charge is 0.255 e. The number of aryl methyl sites for hydroxylation is 1. The molecule has 2 aromatic carbocycles. The van der Waals surface area contributed by atoms with Crippen LogP contribution in [0.5, 0.6) is 5.75 Å². The van der Waals surface area contributed by atoms with Gasteiger partial charge in [0.2, 0.25) is 5.91 Å². The molecule has 2 aromatic rings. The molecule has 2 aliphatic heterocycles. The average Bonchev–Trinajstić information content (AvgIpc) is 3.19. The molecule has 7 nitrogen and oxygen atoms in total. The Labute approximate surface area is 216 Å². The summed E-state index contributed by atoms with van der Waals surface area (Å²) in [6.45, 7) is 10.3. The quantitative estimate of drug-likeness (QED) is 0.456. The maximum absolute atomic E-state index is 13.1. The second-order valence-corrected chi connectivity index (χ2v) is 9.50. The number of halogens is 1. The number of aliphatic imine (C=N–C) groups is 1. The van der Waals surface area contributed by atoms with Crippen molar-refractivity contribution in [2.45, 2.75) is 52.6 Å². The van der Waals surface area contributed by atoms with Crippen molar-refractivity contribution in [2.75, 3.05) is 11.9 Å². The molecule has 36 heavy (non-hydrogen) atoms. The second-order valence-electron chi connectivity index (χ2n) is 9.10. The molecule has 2 aliphatic rings. The van der Waals surface area contributed by atoms with Gasteiger partial charge in [-0.2, -0.15) is 0 Å². The lowest BCUT2D eigenvalue weighted by Gasteiger charge is -2.31. The van der Waals surface area contributed by atoms with Crippen LogP contribution in [0, 0.1) is 6.92 Å². The van der Waals surface area contributed by atoms with Gasteiger partial charge in [-0.3, -0.25) is 14.6 Å². The Bertz CT molecular complexity index is 1270. The van der Waals surface area contributed by atoms with E-state index in [0.29, 0.717) is 47.1 Å². The van der Waals surface area contributed by atoms with Gasteiger partial charge in [0.05, 0.1) is 12.2 Å². The number of nitrogens with one attached hydrogen (secondary N) is 2. The van der Waals surface area contributed by atoms with Gasteiger partial charge in [0.15, 0.2) is 0 Å². The topological polar surface area (TPSA) is 83.0 Å². The third-order valence-corrected chi connectivity index (χ3v) is 6.86. The number of amides is 2. The summed E-state index contributed by atoms with van der Waals surface area (Å²) in [7, 11) is 0. The minimum absolute atomic E-state index is 0.156. The van der Waals surface area contributed by atoms with Crippen LogP contribution in [0.2, 0.25) is 5.02 Å². The van der Waals surface area contributed by atoms with E-state index in [1.165, 1.54) is 0 Å². The highest BCUT2D eigenvalue weighted by atomic mass is 35.5. The molecule has 0 radical (unpaired) electrons. The number of nitrogens with zero attached hydrogens (tertiary/aromatic N) is 2. The van der Waals surface area contributed by atoms with Crippen molar-refractivity contribution in [2.24, 2.45) is 4.99 Å². The molecule has 188 valence electrons. The number of piperidine rings is 1. The van der Waals surface area contributed by atoms with Crippen LogP contribution < -0.4 is 15.4 Å². The maximum atomic E-state index is 13.1. The Morgan fingerprint density at radius 3 is 2.86 bits per heavy atom. The first-order chi connectivity index (χ1) is 17.3. The summed E-state index contributed by atoms with van der Waals surface area (Å²) in [4.78, 5) is 32.0. The van der Waals surface area contributed by atoms with Gasteiger partial charge >= 0.3 is 0 Å². The predicted molar refractivity (Wildman–Crippen MR) is 143 cm³/mol. The summed E-state index contributed by atoms with van der Waals surface area (Å²) in [6.07, 6.45) is 3.84. The highest BCUT2D eigenvalue weighted by Crippen LogP contribution is 2.34. The van der Waals surface area contributed by atoms with Gasteiger partial charge in [-0.25, -0.2) is 0 Å². The number of carbonyl (C=O) groups is 2. The van der Waals surface area contributed by atoms with E-state index >= 15 is 0 Å². The van der Waals surface area contributed by atoms with E-state index in [-0.39, 0.29) is 18.4 Å². The first-order valence-electron chi connectivity index (χ1n) is 12.1. The molecule has 0 bridgehead atoms. The van der Waals surface area contributed by atoms with Gasteiger partial charge < -0.3 is 20.3 Å². The third-order valence-electron chi connectivity index (χ3n) is 6.45. The number of hydrogen-bond acceptors (Lipinski definition) is 5. The Morgan fingerprint density at radius 2 is 2.14 bits per heavy atom. The monoisotopic (exact) mass is 506 g/mol. The molecule has 0 spiro atoms. The number of anilines is 1. The van der Waals surface area contributed by atoms with Gasteiger partial charge in [-0.15, -0.1) is 0 Å². The van der Waals surface area contributed by atoms with Crippen molar-refractivity contribution in [3.05, 3.63) is 82.3 Å². The van der Waals surface area contributed by atoms with Gasteiger partial charge in [0, 0.05) is 39.4 Å². The highest BCUT2D eigenvalue weighted by molar-refractivity contribution is 6.31. The van der Waals surface area contributed by atoms with Crippen molar-refractivity contribution in [1.29, 1.82) is 0 Å². The summed E-state index contributed by atoms with van der Waals surface area (Å²) < 4.78 is 6.18. The summed E-state index contributed by atoms with van der Waals surface area (Å²) in [5.74, 6) is 0.265. The summed E-state index contributed by atoms with van der Waals surface area (Å²) in [6, 6.07) is 10.7. The van der Waals surface area contributed by atoms with E-state index in [1.807, 2.05) is 45.0 Å². The molecule has 0 aliphatic carbocycles. The number of benzene rings is 2. The SMILES string of the molecule is C=C1CCC(N2Cc3c(OCC(=C/Nc4ccc(C)c(Cl)c4)/N=C(/C)CC)cccc3C2=O)C(=O)N1. The molecule has 1 atom stereocenters. The fraction of sp³-hybridized carbons (Fsp3) is 0.321. The molecule has 2 heterocycles. The zero-order valence-electron chi connectivity index (χ0n) is 20.9. The summed E-state index contributed by atoms with van der Waals surface area (Å²) >= 11 is 6.25. The Balaban J connectivity index is 1.51. The third kappa shape index (κ3) is 5.62. The maximum Gasteiger partial charge on any atom is 0.255 e. The molecule has 0 aromatic heterocycles. The number of rotatable bonds is 8. The molecule has 1 unspecified atom stereocenters. The van der Waals surface area contributed by atoms with Crippen LogP contribution in [0.1, 0.15) is 54.6 Å². The standard InChI is InChI=1S/C28H31ClN4O3/c1-5-18(3)31-21(14-30-20-11-9-17(2)24(29)13-20)16-36-26-8-6-7-22-23(26)15-33(28(22)35)25-12-10-19(4)32-27(25)34/h6-9,11,13-14,25,30H,4-5,10,12,15-16H2,1-3H3,(H,32,34)/b21-14-,31-18-. The fourth-order valence-corrected chi connectivity index (χ4v) is 4.38. The van der Waals surface area contributed by atoms with E-state index in [2.05, 4.69) is 17.2 Å². The van der Waals surface area contributed by atoms with Crippen molar-refractivity contribution in [1.82, 2.24) is 10.2 Å². The first kappa shape index (κ1) is 25.5. The summed E-state index contributed by atoms with van der Waals surface area (Å²) in [5, 5.41) is 6.70. The van der Waals surface area contributed by atoms with Crippen molar-refractivity contribution in [3.8, 4) is 5.75 Å². The van der Waals surface area contributed by atoms with Crippen LogP contribution >= 0.6 is 11.6 Å². The minimum atomic E-state index is -0.513. The fourth-order valence-electron chi connectivity index (χ4n) is 4.20. The van der Waals surface area contributed by atoms with Gasteiger partial charge in [0.1, 0.15) is 18.4 Å². The van der Waals surface area contributed by atoms with E-state index in [4.69, 9.17) is 21.3 Å². The van der Waals surface area contributed by atoms with Gasteiger partial charge in [0.25, 0.3) is 5.91 Å². The molecule has 4 rings (SSSR count). The normalized spacial score (nSPS) is 18.3. The number of carbonyl (C=O) groups excluding carboxylic acids is 2. The Kier molecular flexibility index (Phi) is 7.79. The molecule has 1 fully saturated rings. The highest BCUT2D eigenvalue weighted by Gasteiger charge is 2.39. The lowest BCUT2D eigenvalue weighted by Crippen LogP contribution is -2.49. The van der Waals surface area contributed by atoms with Crippen molar-refractivity contribution in [3.63, 3.8) is 0 Å². The number of fused-ring (bicyclic) bond motifs is 1. The van der Waals surface area contributed by atoms with Crippen LogP contribution in [-0.2, 0) is 11.3 Å². The van der Waals surface area contributed by atoms with Crippen LogP contribution in [0.25, 0.3) is 0 Å². The van der Waals surface area contributed by atoms with Crippen molar-refractivity contribution < 1.29 is 14.3 Å². The molecular weight excluding hydrogens is 476 g/mol. The van der Waals surface area contributed by atoms with Crippen LogP contribution in [0.4, 0.5) is 5.69 Å². The molecule has 2 amide bonds. The first-order valence-corrected chi connectivity index (χ1v) is 12.4. The molecule has 8 heteroatoms. The van der Waals surface area contributed by atoms with Crippen molar-refractivity contribution >= 4 is 34.8 Å². The zero-order valence-corrected chi connectivity index (χ0v) is 21.6.